The molecule has 2 saturated carbocycles. The van der Waals surface area contributed by atoms with Crippen LogP contribution in [0.25, 0.3) is 0 Å². The zero-order valence-corrected chi connectivity index (χ0v) is 7.55. The maximum Gasteiger partial charge on any atom is 0.136 e. The van der Waals surface area contributed by atoms with Gasteiger partial charge in [0.25, 0.3) is 0 Å². The van der Waals surface area contributed by atoms with Crippen molar-refractivity contribution in [2.75, 3.05) is 0 Å². The summed E-state index contributed by atoms with van der Waals surface area (Å²) in [7, 11) is 0. The molecule has 0 aliphatic heterocycles. The monoisotopic (exact) mass is 152 g/mol. The molecule has 0 amide bonds. The highest BCUT2D eigenvalue weighted by Gasteiger charge is 2.64. The summed E-state index contributed by atoms with van der Waals surface area (Å²) < 4.78 is 0. The second-order valence-electron chi connectivity index (χ2n) is 4.63. The zero-order valence-electron chi connectivity index (χ0n) is 7.55. The standard InChI is InChI=1S/C10H16O/c1-6(2)10-4-8(10)7(3)9(11)5-10/h6-8H,4-5H2,1-3H3/t7-,8+,10-/m1/s1. The summed E-state index contributed by atoms with van der Waals surface area (Å²) in [4.78, 5) is 11.3. The first-order valence-corrected chi connectivity index (χ1v) is 4.60. The number of hydrogen-bond acceptors (Lipinski definition) is 1. The number of carbonyl (C=O) groups is 1. The van der Waals surface area contributed by atoms with Gasteiger partial charge in [0.05, 0.1) is 0 Å². The van der Waals surface area contributed by atoms with E-state index in [1.165, 1.54) is 6.42 Å². The lowest BCUT2D eigenvalue weighted by atomic mass is 9.90. The van der Waals surface area contributed by atoms with E-state index in [0.29, 0.717) is 23.0 Å². The van der Waals surface area contributed by atoms with Crippen LogP contribution in [-0.2, 0) is 4.79 Å². The molecule has 2 aliphatic carbocycles. The number of fused-ring (bicyclic) bond motifs is 1. The van der Waals surface area contributed by atoms with E-state index in [1.807, 2.05) is 0 Å². The summed E-state index contributed by atoms with van der Waals surface area (Å²) in [6, 6.07) is 0. The third-order valence-corrected chi connectivity index (χ3v) is 3.94. The Labute approximate surface area is 68.2 Å². The van der Waals surface area contributed by atoms with E-state index in [1.54, 1.807) is 0 Å². The lowest BCUT2D eigenvalue weighted by Gasteiger charge is -2.14. The largest absolute Gasteiger partial charge is 0.299 e. The Bertz CT molecular complexity index is 207. The molecule has 0 aromatic rings. The highest BCUT2D eigenvalue weighted by molar-refractivity contribution is 5.86. The average Bonchev–Trinajstić information content (AvgIpc) is 2.57. The molecule has 62 valence electrons. The maximum atomic E-state index is 11.3. The second-order valence-corrected chi connectivity index (χ2v) is 4.63. The van der Waals surface area contributed by atoms with Gasteiger partial charge < -0.3 is 0 Å². The van der Waals surface area contributed by atoms with E-state index in [-0.39, 0.29) is 0 Å². The molecule has 0 N–H and O–H groups in total. The summed E-state index contributed by atoms with van der Waals surface area (Å²) in [5, 5.41) is 0. The average molecular weight is 152 g/mol. The minimum absolute atomic E-state index is 0.373. The maximum absolute atomic E-state index is 11.3. The van der Waals surface area contributed by atoms with Gasteiger partial charge in [0, 0.05) is 12.3 Å². The number of rotatable bonds is 1. The quantitative estimate of drug-likeness (QED) is 0.563. The minimum Gasteiger partial charge on any atom is -0.299 e. The van der Waals surface area contributed by atoms with Crippen LogP contribution in [0.3, 0.4) is 0 Å². The molecule has 0 bridgehead atoms. The summed E-state index contributed by atoms with van der Waals surface area (Å²) in [5.41, 5.74) is 0.455. The Morgan fingerprint density at radius 3 is 2.45 bits per heavy atom. The van der Waals surface area contributed by atoms with Crippen LogP contribution >= 0.6 is 0 Å². The fraction of sp³-hybridized carbons (Fsp3) is 0.900. The summed E-state index contributed by atoms with van der Waals surface area (Å²) in [5.74, 6) is 2.34. The number of Topliss-reactive ketones (excluding diaryl/α,β-unsaturated/α-hetero) is 1. The fourth-order valence-corrected chi connectivity index (χ4v) is 2.81. The van der Waals surface area contributed by atoms with Crippen LogP contribution in [0, 0.1) is 23.2 Å². The molecule has 3 atom stereocenters. The van der Waals surface area contributed by atoms with Gasteiger partial charge in [-0.25, -0.2) is 0 Å². The molecule has 11 heavy (non-hydrogen) atoms. The van der Waals surface area contributed by atoms with Crippen LogP contribution in [0.5, 0.6) is 0 Å². The molecular formula is C10H16O. The normalized spacial score (nSPS) is 48.2. The van der Waals surface area contributed by atoms with E-state index in [2.05, 4.69) is 20.8 Å². The van der Waals surface area contributed by atoms with Gasteiger partial charge in [-0.3, -0.25) is 4.79 Å². The predicted molar refractivity (Wildman–Crippen MR) is 44.2 cm³/mol. The lowest BCUT2D eigenvalue weighted by Crippen LogP contribution is -2.10. The number of carbonyl (C=O) groups excluding carboxylic acids is 1. The molecule has 0 unspecified atom stereocenters. The van der Waals surface area contributed by atoms with Crippen LogP contribution in [0.4, 0.5) is 0 Å². The van der Waals surface area contributed by atoms with Crippen LogP contribution < -0.4 is 0 Å². The molecule has 0 saturated heterocycles. The second kappa shape index (κ2) is 1.88. The Kier molecular flexibility index (Phi) is 1.25. The predicted octanol–water partition coefficient (Wildman–Crippen LogP) is 2.26. The molecule has 1 nitrogen and oxygen atoms in total. The fourth-order valence-electron chi connectivity index (χ4n) is 2.81. The zero-order chi connectivity index (χ0) is 8.22. The van der Waals surface area contributed by atoms with Crippen LogP contribution in [0.15, 0.2) is 0 Å². The molecular weight excluding hydrogens is 136 g/mol. The van der Waals surface area contributed by atoms with Crippen molar-refractivity contribution in [3.63, 3.8) is 0 Å². The van der Waals surface area contributed by atoms with Crippen molar-refractivity contribution in [3.05, 3.63) is 0 Å². The third kappa shape index (κ3) is 0.743. The molecule has 2 aliphatic rings. The summed E-state index contributed by atoms with van der Waals surface area (Å²) >= 11 is 0. The van der Waals surface area contributed by atoms with Gasteiger partial charge in [-0.15, -0.1) is 0 Å². The van der Waals surface area contributed by atoms with Gasteiger partial charge >= 0.3 is 0 Å². The van der Waals surface area contributed by atoms with Crippen molar-refractivity contribution >= 4 is 5.78 Å². The van der Waals surface area contributed by atoms with Crippen molar-refractivity contribution in [2.24, 2.45) is 23.2 Å². The highest BCUT2D eigenvalue weighted by Crippen LogP contribution is 2.68. The molecule has 0 heterocycles. The Balaban J connectivity index is 2.20. The molecule has 0 aromatic heterocycles. The van der Waals surface area contributed by atoms with E-state index in [9.17, 15) is 4.79 Å². The Hall–Kier alpha value is -0.330. The topological polar surface area (TPSA) is 17.1 Å². The highest BCUT2D eigenvalue weighted by atomic mass is 16.1. The van der Waals surface area contributed by atoms with Gasteiger partial charge in [0.2, 0.25) is 0 Å². The number of ketones is 1. The Morgan fingerprint density at radius 1 is 1.55 bits per heavy atom. The van der Waals surface area contributed by atoms with Gasteiger partial charge in [-0.2, -0.15) is 0 Å². The SMILES string of the molecule is CC(C)[C@@]12CC(=O)[C@H](C)[C@@H]1C2. The van der Waals surface area contributed by atoms with Crippen molar-refractivity contribution in [1.82, 2.24) is 0 Å². The van der Waals surface area contributed by atoms with Crippen LogP contribution in [0.2, 0.25) is 0 Å². The lowest BCUT2D eigenvalue weighted by molar-refractivity contribution is -0.121. The molecule has 2 fully saturated rings. The Morgan fingerprint density at radius 2 is 2.18 bits per heavy atom. The van der Waals surface area contributed by atoms with Crippen molar-refractivity contribution in [1.29, 1.82) is 0 Å². The number of hydrogen-bond donors (Lipinski definition) is 0. The first-order chi connectivity index (χ1) is 5.08. The molecule has 0 spiro atoms. The molecule has 2 rings (SSSR count). The summed E-state index contributed by atoms with van der Waals surface area (Å²) in [6.45, 7) is 6.61. The van der Waals surface area contributed by atoms with Gasteiger partial charge in [-0.1, -0.05) is 20.8 Å². The van der Waals surface area contributed by atoms with Crippen LogP contribution in [0.1, 0.15) is 33.6 Å². The third-order valence-electron chi connectivity index (χ3n) is 3.94. The van der Waals surface area contributed by atoms with E-state index < -0.39 is 0 Å². The molecule has 1 heteroatoms. The summed E-state index contributed by atoms with van der Waals surface area (Å²) in [6.07, 6.45) is 2.19. The van der Waals surface area contributed by atoms with Crippen molar-refractivity contribution < 1.29 is 4.79 Å². The molecule has 0 aromatic carbocycles. The molecule has 0 radical (unpaired) electrons. The van der Waals surface area contributed by atoms with Gasteiger partial charge in [0.1, 0.15) is 5.78 Å². The first-order valence-electron chi connectivity index (χ1n) is 4.60. The van der Waals surface area contributed by atoms with Crippen molar-refractivity contribution in [2.45, 2.75) is 33.6 Å². The van der Waals surface area contributed by atoms with Gasteiger partial charge in [0.15, 0.2) is 0 Å². The van der Waals surface area contributed by atoms with Crippen LogP contribution in [-0.4, -0.2) is 5.78 Å². The first kappa shape index (κ1) is 7.33. The van der Waals surface area contributed by atoms with E-state index >= 15 is 0 Å². The van der Waals surface area contributed by atoms with E-state index in [0.717, 1.165) is 12.3 Å². The van der Waals surface area contributed by atoms with E-state index in [4.69, 9.17) is 0 Å². The van der Waals surface area contributed by atoms with Gasteiger partial charge in [-0.05, 0) is 23.7 Å². The van der Waals surface area contributed by atoms with Crippen molar-refractivity contribution in [3.8, 4) is 0 Å². The smallest absolute Gasteiger partial charge is 0.136 e. The minimum atomic E-state index is 0.373.